The van der Waals surface area contributed by atoms with Gasteiger partial charge in [0.15, 0.2) is 0 Å². The minimum Gasteiger partial charge on any atom is -0.394 e. The molecule has 1 aliphatic carbocycles. The van der Waals surface area contributed by atoms with Crippen molar-refractivity contribution in [1.29, 1.82) is 0 Å². The Kier molecular flexibility index (Phi) is 3.26. The van der Waals surface area contributed by atoms with Crippen LogP contribution in [0.25, 0.3) is 0 Å². The minimum absolute atomic E-state index is 0.0981. The zero-order valence-electron chi connectivity index (χ0n) is 9.54. The first-order chi connectivity index (χ1) is 7.61. The first-order valence-electron chi connectivity index (χ1n) is 5.74. The van der Waals surface area contributed by atoms with E-state index >= 15 is 0 Å². The second-order valence-corrected chi connectivity index (χ2v) is 4.94. The second-order valence-electron chi connectivity index (χ2n) is 4.94. The van der Waals surface area contributed by atoms with Crippen LogP contribution in [0.4, 0.5) is 4.39 Å². The predicted molar refractivity (Wildman–Crippen MR) is 61.8 cm³/mol. The molecule has 1 unspecified atom stereocenters. The molecule has 16 heavy (non-hydrogen) atoms. The fourth-order valence-corrected chi connectivity index (χ4v) is 1.93. The lowest BCUT2D eigenvalue weighted by molar-refractivity contribution is 0.172. The minimum atomic E-state index is -0.293. The Labute approximate surface area is 95.5 Å². The van der Waals surface area contributed by atoms with Gasteiger partial charge in [0.1, 0.15) is 5.82 Å². The third kappa shape index (κ3) is 3.03. The normalized spacial score (nSPS) is 19.4. The number of aliphatic hydroxyl groups is 1. The molecule has 0 spiro atoms. The van der Waals surface area contributed by atoms with Gasteiger partial charge in [-0.3, -0.25) is 0 Å². The van der Waals surface area contributed by atoms with Crippen molar-refractivity contribution in [2.75, 3.05) is 6.61 Å². The van der Waals surface area contributed by atoms with Gasteiger partial charge >= 0.3 is 0 Å². The van der Waals surface area contributed by atoms with Crippen LogP contribution in [0.1, 0.15) is 25.3 Å². The molecule has 0 heterocycles. The molecule has 0 saturated heterocycles. The number of benzene rings is 1. The highest BCUT2D eigenvalue weighted by Crippen LogP contribution is 2.24. The molecule has 2 rings (SSSR count). The molecule has 2 N–H and O–H groups in total. The summed E-state index contributed by atoms with van der Waals surface area (Å²) in [5.74, 6) is -0.218. The van der Waals surface area contributed by atoms with Crippen LogP contribution >= 0.6 is 0 Å². The van der Waals surface area contributed by atoms with Gasteiger partial charge in [-0.2, -0.15) is 0 Å². The van der Waals surface area contributed by atoms with Gasteiger partial charge in [-0.25, -0.2) is 4.39 Å². The van der Waals surface area contributed by atoms with E-state index in [-0.39, 0.29) is 18.0 Å². The zero-order chi connectivity index (χ0) is 11.6. The summed E-state index contributed by atoms with van der Waals surface area (Å²) in [5, 5.41) is 12.9. The molecule has 3 heteroatoms. The average molecular weight is 223 g/mol. The molecule has 2 nitrogen and oxygen atoms in total. The van der Waals surface area contributed by atoms with Gasteiger partial charge in [0.05, 0.1) is 6.61 Å². The van der Waals surface area contributed by atoms with E-state index in [2.05, 4.69) is 5.32 Å². The van der Waals surface area contributed by atoms with E-state index in [1.807, 2.05) is 6.92 Å². The molecule has 1 atom stereocenters. The summed E-state index contributed by atoms with van der Waals surface area (Å²) in [6.45, 7) is 2.11. The number of hydrogen-bond acceptors (Lipinski definition) is 2. The largest absolute Gasteiger partial charge is 0.394 e. The smallest absolute Gasteiger partial charge is 0.123 e. The van der Waals surface area contributed by atoms with Crippen LogP contribution in [0.3, 0.4) is 0 Å². The highest BCUT2D eigenvalue weighted by atomic mass is 19.1. The van der Waals surface area contributed by atoms with Gasteiger partial charge in [-0.15, -0.1) is 0 Å². The van der Waals surface area contributed by atoms with Crippen LogP contribution in [0.2, 0.25) is 0 Å². The maximum Gasteiger partial charge on any atom is 0.123 e. The van der Waals surface area contributed by atoms with Crippen molar-refractivity contribution in [3.8, 4) is 0 Å². The van der Waals surface area contributed by atoms with E-state index in [1.54, 1.807) is 12.1 Å². The maximum absolute atomic E-state index is 12.8. The Morgan fingerprint density at radius 2 is 2.00 bits per heavy atom. The van der Waals surface area contributed by atoms with E-state index < -0.39 is 0 Å². The zero-order valence-corrected chi connectivity index (χ0v) is 9.54. The molecular weight excluding hydrogens is 205 g/mol. The Morgan fingerprint density at radius 1 is 1.38 bits per heavy atom. The molecule has 0 amide bonds. The monoisotopic (exact) mass is 223 g/mol. The number of aliphatic hydroxyl groups excluding tert-OH is 1. The van der Waals surface area contributed by atoms with E-state index in [0.29, 0.717) is 6.04 Å². The fraction of sp³-hybridized carbons (Fsp3) is 0.538. The van der Waals surface area contributed by atoms with Crippen LogP contribution in [0.5, 0.6) is 0 Å². The van der Waals surface area contributed by atoms with Crippen molar-refractivity contribution in [2.45, 2.75) is 37.8 Å². The summed E-state index contributed by atoms with van der Waals surface area (Å²) in [6.07, 6.45) is 3.11. The summed E-state index contributed by atoms with van der Waals surface area (Å²) >= 11 is 0. The first kappa shape index (κ1) is 11.6. The first-order valence-corrected chi connectivity index (χ1v) is 5.74. The molecule has 0 aliphatic heterocycles. The summed E-state index contributed by atoms with van der Waals surface area (Å²) in [4.78, 5) is 0. The molecule has 0 aromatic heterocycles. The molecule has 0 bridgehead atoms. The van der Waals surface area contributed by atoms with Crippen molar-refractivity contribution < 1.29 is 9.50 Å². The van der Waals surface area contributed by atoms with Gasteiger partial charge < -0.3 is 10.4 Å². The summed E-state index contributed by atoms with van der Waals surface area (Å²) in [6, 6.07) is 7.03. The summed E-state index contributed by atoms with van der Waals surface area (Å²) < 4.78 is 12.8. The van der Waals surface area contributed by atoms with Gasteiger partial charge in [0.2, 0.25) is 0 Å². The van der Waals surface area contributed by atoms with Crippen molar-refractivity contribution in [3.05, 3.63) is 35.6 Å². The predicted octanol–water partition coefficient (Wildman–Crippen LogP) is 1.87. The topological polar surface area (TPSA) is 32.3 Å². The molecule has 1 fully saturated rings. The third-order valence-corrected chi connectivity index (χ3v) is 2.99. The van der Waals surface area contributed by atoms with Crippen molar-refractivity contribution >= 4 is 0 Å². The molecule has 88 valence electrons. The van der Waals surface area contributed by atoms with E-state index in [4.69, 9.17) is 0 Å². The number of hydrogen-bond donors (Lipinski definition) is 2. The van der Waals surface area contributed by atoms with Gasteiger partial charge in [0, 0.05) is 11.6 Å². The highest BCUT2D eigenvalue weighted by molar-refractivity contribution is 5.19. The van der Waals surface area contributed by atoms with Gasteiger partial charge in [0.25, 0.3) is 0 Å². The molecular formula is C13H18FNO. The van der Waals surface area contributed by atoms with Crippen molar-refractivity contribution in [2.24, 2.45) is 0 Å². The number of nitrogens with one attached hydrogen (secondary N) is 1. The van der Waals surface area contributed by atoms with Crippen LogP contribution in [-0.2, 0) is 6.42 Å². The van der Waals surface area contributed by atoms with Gasteiger partial charge in [-0.05, 0) is 43.9 Å². The second kappa shape index (κ2) is 4.52. The quantitative estimate of drug-likeness (QED) is 0.798. The lowest BCUT2D eigenvalue weighted by atomic mass is 9.93. The van der Waals surface area contributed by atoms with Crippen LogP contribution in [-0.4, -0.2) is 23.3 Å². The molecule has 1 aliphatic rings. The third-order valence-electron chi connectivity index (χ3n) is 2.99. The number of rotatable bonds is 5. The van der Waals surface area contributed by atoms with E-state index in [9.17, 15) is 9.50 Å². The molecule has 1 aromatic carbocycles. The maximum atomic E-state index is 12.8. The van der Waals surface area contributed by atoms with E-state index in [0.717, 1.165) is 12.0 Å². The van der Waals surface area contributed by atoms with Crippen LogP contribution in [0.15, 0.2) is 24.3 Å². The summed E-state index contributed by atoms with van der Waals surface area (Å²) in [5.41, 5.74) is 0.755. The van der Waals surface area contributed by atoms with Crippen LogP contribution < -0.4 is 5.32 Å². The summed E-state index contributed by atoms with van der Waals surface area (Å²) in [7, 11) is 0. The molecule has 1 aromatic rings. The molecule has 1 saturated carbocycles. The SMILES string of the molecule is CC(CO)(Cc1ccc(F)cc1)NC1CC1. The Hall–Kier alpha value is -0.930. The fourth-order valence-electron chi connectivity index (χ4n) is 1.93. The molecule has 0 radical (unpaired) electrons. The average Bonchev–Trinajstić information content (AvgIpc) is 3.05. The number of halogens is 1. The highest BCUT2D eigenvalue weighted by Gasteiger charge is 2.31. The lowest BCUT2D eigenvalue weighted by Crippen LogP contribution is -2.48. The Morgan fingerprint density at radius 3 is 2.50 bits per heavy atom. The van der Waals surface area contributed by atoms with E-state index in [1.165, 1.54) is 25.0 Å². The Balaban J connectivity index is 2.01. The Bertz CT molecular complexity index is 347. The van der Waals surface area contributed by atoms with Crippen molar-refractivity contribution in [3.63, 3.8) is 0 Å². The lowest BCUT2D eigenvalue weighted by Gasteiger charge is -2.29. The standard InChI is InChI=1S/C13H18FNO/c1-13(9-16,15-12-6-7-12)8-10-2-4-11(14)5-3-10/h2-5,12,15-16H,6-9H2,1H3. The van der Waals surface area contributed by atoms with Crippen LogP contribution in [0, 0.1) is 5.82 Å². The van der Waals surface area contributed by atoms with Gasteiger partial charge in [-0.1, -0.05) is 12.1 Å². The van der Waals surface area contributed by atoms with Crippen molar-refractivity contribution in [1.82, 2.24) is 5.32 Å².